The van der Waals surface area contributed by atoms with Crippen LogP contribution in [0.25, 0.3) is 22.4 Å². The van der Waals surface area contributed by atoms with Gasteiger partial charge in [0.25, 0.3) is 0 Å². The van der Waals surface area contributed by atoms with Crippen LogP contribution in [0.1, 0.15) is 5.56 Å². The van der Waals surface area contributed by atoms with Crippen LogP contribution in [0.4, 0.5) is 13.2 Å². The first-order chi connectivity index (χ1) is 9.06. The van der Waals surface area contributed by atoms with Crippen molar-refractivity contribution in [2.75, 3.05) is 0 Å². The first-order valence-electron chi connectivity index (χ1n) is 5.66. The van der Waals surface area contributed by atoms with E-state index in [1.54, 1.807) is 13.0 Å². The summed E-state index contributed by atoms with van der Waals surface area (Å²) in [6, 6.07) is 6.90. The van der Waals surface area contributed by atoms with Crippen molar-refractivity contribution in [3.05, 3.63) is 53.3 Å². The SMILES string of the molecule is Cc1cc(-c2nc3c(F)c(F)ccc3[nH]2)ccc1F. The van der Waals surface area contributed by atoms with Crippen LogP contribution in [-0.2, 0) is 0 Å². The Hall–Kier alpha value is -2.30. The van der Waals surface area contributed by atoms with Crippen LogP contribution in [0.2, 0.25) is 0 Å². The van der Waals surface area contributed by atoms with Gasteiger partial charge in [0.2, 0.25) is 0 Å². The van der Waals surface area contributed by atoms with Crippen LogP contribution < -0.4 is 0 Å². The fourth-order valence-electron chi connectivity index (χ4n) is 1.95. The summed E-state index contributed by atoms with van der Waals surface area (Å²) in [5.41, 5.74) is 1.42. The Morgan fingerprint density at radius 2 is 1.74 bits per heavy atom. The highest BCUT2D eigenvalue weighted by atomic mass is 19.2. The molecule has 0 atom stereocenters. The number of fused-ring (bicyclic) bond motifs is 1. The van der Waals surface area contributed by atoms with Gasteiger partial charge in [-0.2, -0.15) is 0 Å². The fraction of sp³-hybridized carbons (Fsp3) is 0.0714. The second kappa shape index (κ2) is 4.12. The zero-order chi connectivity index (χ0) is 13.6. The molecule has 1 N–H and O–H groups in total. The predicted molar refractivity (Wildman–Crippen MR) is 66.1 cm³/mol. The molecule has 1 aromatic heterocycles. The molecule has 2 nitrogen and oxygen atoms in total. The van der Waals surface area contributed by atoms with E-state index in [2.05, 4.69) is 9.97 Å². The number of hydrogen-bond donors (Lipinski definition) is 1. The number of H-pyrrole nitrogens is 1. The van der Waals surface area contributed by atoms with Crippen LogP contribution in [0.3, 0.4) is 0 Å². The molecule has 0 aliphatic rings. The number of rotatable bonds is 1. The average molecular weight is 262 g/mol. The van der Waals surface area contributed by atoms with Gasteiger partial charge in [0.15, 0.2) is 11.6 Å². The van der Waals surface area contributed by atoms with Crippen LogP contribution >= 0.6 is 0 Å². The van der Waals surface area contributed by atoms with Crippen LogP contribution in [-0.4, -0.2) is 9.97 Å². The lowest BCUT2D eigenvalue weighted by Gasteiger charge is -1.99. The number of benzene rings is 2. The van der Waals surface area contributed by atoms with Gasteiger partial charge in [-0.15, -0.1) is 0 Å². The maximum Gasteiger partial charge on any atom is 0.186 e. The fourth-order valence-corrected chi connectivity index (χ4v) is 1.95. The molecule has 5 heteroatoms. The average Bonchev–Trinajstić information content (AvgIpc) is 2.82. The molecule has 0 saturated carbocycles. The standard InChI is InChI=1S/C14H9F3N2/c1-7-6-8(2-3-9(7)15)14-18-11-5-4-10(16)12(17)13(11)19-14/h2-6H,1H3,(H,18,19). The van der Waals surface area contributed by atoms with E-state index in [0.29, 0.717) is 22.5 Å². The van der Waals surface area contributed by atoms with Crippen LogP contribution in [0.15, 0.2) is 30.3 Å². The highest BCUT2D eigenvalue weighted by Gasteiger charge is 2.13. The first-order valence-corrected chi connectivity index (χ1v) is 5.66. The molecular weight excluding hydrogens is 253 g/mol. The van der Waals surface area contributed by atoms with E-state index in [9.17, 15) is 13.2 Å². The second-order valence-electron chi connectivity index (χ2n) is 4.31. The normalized spacial score (nSPS) is 11.2. The maximum absolute atomic E-state index is 13.6. The summed E-state index contributed by atoms with van der Waals surface area (Å²) in [5, 5.41) is 0. The molecule has 3 rings (SSSR count). The number of nitrogens with zero attached hydrogens (tertiary/aromatic N) is 1. The smallest absolute Gasteiger partial charge is 0.186 e. The third-order valence-corrected chi connectivity index (χ3v) is 2.98. The molecule has 2 aromatic carbocycles. The van der Waals surface area contributed by atoms with Gasteiger partial charge in [0, 0.05) is 5.56 Å². The first kappa shape index (κ1) is 11.8. The predicted octanol–water partition coefficient (Wildman–Crippen LogP) is 3.96. The van der Waals surface area contributed by atoms with Gasteiger partial charge in [0.05, 0.1) is 5.52 Å². The monoisotopic (exact) mass is 262 g/mol. The van der Waals surface area contributed by atoms with Gasteiger partial charge in [-0.25, -0.2) is 18.2 Å². The number of aromatic nitrogens is 2. The zero-order valence-electron chi connectivity index (χ0n) is 9.97. The highest BCUT2D eigenvalue weighted by Crippen LogP contribution is 2.24. The second-order valence-corrected chi connectivity index (χ2v) is 4.31. The molecule has 96 valence electrons. The summed E-state index contributed by atoms with van der Waals surface area (Å²) in [4.78, 5) is 6.91. The minimum atomic E-state index is -0.987. The third kappa shape index (κ3) is 1.87. The molecule has 0 radical (unpaired) electrons. The molecule has 0 bridgehead atoms. The van der Waals surface area contributed by atoms with Crippen molar-refractivity contribution < 1.29 is 13.2 Å². The Morgan fingerprint density at radius 1 is 1.00 bits per heavy atom. The van der Waals surface area contributed by atoms with Gasteiger partial charge in [-0.05, 0) is 42.8 Å². The van der Waals surface area contributed by atoms with Gasteiger partial charge in [-0.1, -0.05) is 0 Å². The van der Waals surface area contributed by atoms with Crippen molar-refractivity contribution in [1.29, 1.82) is 0 Å². The van der Waals surface area contributed by atoms with Crippen LogP contribution in [0.5, 0.6) is 0 Å². The molecule has 0 amide bonds. The van der Waals surface area contributed by atoms with Crippen molar-refractivity contribution >= 4 is 11.0 Å². The molecule has 1 heterocycles. The van der Waals surface area contributed by atoms with Gasteiger partial charge in [-0.3, -0.25) is 0 Å². The number of hydrogen-bond acceptors (Lipinski definition) is 1. The Bertz CT molecular complexity index is 778. The minimum Gasteiger partial charge on any atom is -0.338 e. The molecule has 0 aliphatic heterocycles. The number of nitrogens with one attached hydrogen (secondary N) is 1. The maximum atomic E-state index is 13.6. The third-order valence-electron chi connectivity index (χ3n) is 2.98. The van der Waals surface area contributed by atoms with Crippen molar-refractivity contribution in [3.8, 4) is 11.4 Å². The zero-order valence-corrected chi connectivity index (χ0v) is 9.97. The Labute approximate surface area is 106 Å². The number of halogens is 3. The quantitative estimate of drug-likeness (QED) is 0.706. The molecule has 0 fully saturated rings. The van der Waals surface area contributed by atoms with E-state index in [1.165, 1.54) is 18.2 Å². The van der Waals surface area contributed by atoms with Crippen molar-refractivity contribution in [3.63, 3.8) is 0 Å². The Morgan fingerprint density at radius 3 is 2.47 bits per heavy atom. The van der Waals surface area contributed by atoms with E-state index in [-0.39, 0.29) is 11.3 Å². The topological polar surface area (TPSA) is 28.7 Å². The Balaban J connectivity index is 2.20. The van der Waals surface area contributed by atoms with Crippen molar-refractivity contribution in [1.82, 2.24) is 9.97 Å². The van der Waals surface area contributed by atoms with Crippen LogP contribution in [0, 0.1) is 24.4 Å². The van der Waals surface area contributed by atoms with E-state index >= 15 is 0 Å². The molecular formula is C14H9F3N2. The number of aryl methyl sites for hydroxylation is 1. The molecule has 0 spiro atoms. The van der Waals surface area contributed by atoms with E-state index in [0.717, 1.165) is 6.07 Å². The summed E-state index contributed by atoms with van der Waals surface area (Å²) >= 11 is 0. The summed E-state index contributed by atoms with van der Waals surface area (Å²) in [6.07, 6.45) is 0. The minimum absolute atomic E-state index is 0.0584. The number of imidazole rings is 1. The lowest BCUT2D eigenvalue weighted by Crippen LogP contribution is -1.86. The summed E-state index contributed by atoms with van der Waals surface area (Å²) in [7, 11) is 0. The molecule has 0 aliphatic carbocycles. The molecule has 0 unspecified atom stereocenters. The molecule has 0 saturated heterocycles. The van der Waals surface area contributed by atoms with Gasteiger partial charge >= 0.3 is 0 Å². The lowest BCUT2D eigenvalue weighted by molar-refractivity contribution is 0.515. The Kier molecular flexibility index (Phi) is 2.55. The summed E-state index contributed by atoms with van der Waals surface area (Å²) in [5.74, 6) is -1.88. The molecule has 19 heavy (non-hydrogen) atoms. The van der Waals surface area contributed by atoms with Crippen molar-refractivity contribution in [2.24, 2.45) is 0 Å². The van der Waals surface area contributed by atoms with E-state index in [4.69, 9.17) is 0 Å². The molecule has 3 aromatic rings. The van der Waals surface area contributed by atoms with E-state index < -0.39 is 11.6 Å². The largest absolute Gasteiger partial charge is 0.338 e. The van der Waals surface area contributed by atoms with Crippen molar-refractivity contribution in [2.45, 2.75) is 6.92 Å². The number of aromatic amines is 1. The van der Waals surface area contributed by atoms with E-state index in [1.807, 2.05) is 0 Å². The van der Waals surface area contributed by atoms with Gasteiger partial charge in [0.1, 0.15) is 17.2 Å². The lowest BCUT2D eigenvalue weighted by atomic mass is 10.1. The highest BCUT2D eigenvalue weighted by molar-refractivity contribution is 5.80. The summed E-state index contributed by atoms with van der Waals surface area (Å²) < 4.78 is 39.8. The summed E-state index contributed by atoms with van der Waals surface area (Å²) in [6.45, 7) is 1.63. The van der Waals surface area contributed by atoms with Gasteiger partial charge < -0.3 is 4.98 Å².